The van der Waals surface area contributed by atoms with Gasteiger partial charge in [-0.2, -0.15) is 0 Å². The molecular weight excluding hydrogens is 289 g/mol. The van der Waals surface area contributed by atoms with Crippen LogP contribution in [0.15, 0.2) is 42.5 Å². The summed E-state index contributed by atoms with van der Waals surface area (Å²) in [4.78, 5) is 10.4. The van der Waals surface area contributed by atoms with Crippen LogP contribution in [-0.2, 0) is 6.61 Å². The number of nitro groups is 1. The number of benzene rings is 2. The highest BCUT2D eigenvalue weighted by Crippen LogP contribution is 2.25. The zero-order chi connectivity index (χ0) is 13.8. The summed E-state index contributed by atoms with van der Waals surface area (Å²) in [5.41, 5.74) is 0.393. The Kier molecular flexibility index (Phi) is 4.24. The number of nitrogens with zero attached hydrogens (tertiary/aromatic N) is 1. The van der Waals surface area contributed by atoms with Crippen LogP contribution in [0.4, 0.5) is 5.69 Å². The highest BCUT2D eigenvalue weighted by molar-refractivity contribution is 6.31. The Hall–Kier alpha value is -1.78. The summed E-state index contributed by atoms with van der Waals surface area (Å²) >= 11 is 11.6. The van der Waals surface area contributed by atoms with Crippen molar-refractivity contribution in [3.63, 3.8) is 0 Å². The first kappa shape index (κ1) is 13.6. The van der Waals surface area contributed by atoms with Crippen LogP contribution < -0.4 is 4.74 Å². The minimum atomic E-state index is -0.484. The van der Waals surface area contributed by atoms with Crippen LogP contribution >= 0.6 is 23.2 Å². The van der Waals surface area contributed by atoms with E-state index in [1.807, 2.05) is 0 Å². The molecular formula is C13H9Cl2NO3. The molecule has 0 atom stereocenters. The Balaban J connectivity index is 2.17. The van der Waals surface area contributed by atoms with E-state index in [4.69, 9.17) is 27.9 Å². The number of hydrogen-bond acceptors (Lipinski definition) is 3. The standard InChI is InChI=1S/C13H9Cl2NO3/c14-10-2-1-3-12(6-10)19-8-9-4-5-11(15)7-13(9)16(17)18/h1-7H,8H2. The second kappa shape index (κ2) is 5.91. The maximum atomic E-state index is 10.9. The first-order valence-corrected chi connectivity index (χ1v) is 6.13. The molecule has 0 aliphatic carbocycles. The summed E-state index contributed by atoms with van der Waals surface area (Å²) in [5, 5.41) is 11.8. The van der Waals surface area contributed by atoms with Gasteiger partial charge in [0.15, 0.2) is 0 Å². The van der Waals surface area contributed by atoms with Crippen molar-refractivity contribution in [3.05, 3.63) is 68.2 Å². The molecule has 2 aromatic carbocycles. The molecule has 0 aliphatic rings. The second-order valence-corrected chi connectivity index (χ2v) is 4.65. The third-order valence-corrected chi connectivity index (χ3v) is 2.90. The van der Waals surface area contributed by atoms with Gasteiger partial charge in [-0.15, -0.1) is 0 Å². The van der Waals surface area contributed by atoms with Crippen molar-refractivity contribution in [2.75, 3.05) is 0 Å². The molecule has 0 aliphatic heterocycles. The van der Waals surface area contributed by atoms with Gasteiger partial charge in [-0.3, -0.25) is 10.1 Å². The van der Waals surface area contributed by atoms with Gasteiger partial charge in [0.05, 0.1) is 10.5 Å². The summed E-state index contributed by atoms with van der Waals surface area (Å²) in [5.74, 6) is 0.553. The van der Waals surface area contributed by atoms with Crippen LogP contribution in [0.1, 0.15) is 5.56 Å². The van der Waals surface area contributed by atoms with E-state index >= 15 is 0 Å². The van der Waals surface area contributed by atoms with Gasteiger partial charge in [0.1, 0.15) is 12.4 Å². The molecule has 0 radical (unpaired) electrons. The van der Waals surface area contributed by atoms with Gasteiger partial charge in [-0.1, -0.05) is 29.3 Å². The van der Waals surface area contributed by atoms with E-state index < -0.39 is 4.92 Å². The third-order valence-electron chi connectivity index (χ3n) is 2.43. The van der Waals surface area contributed by atoms with Crippen LogP contribution in [0.25, 0.3) is 0 Å². The van der Waals surface area contributed by atoms with Crippen LogP contribution in [0, 0.1) is 10.1 Å². The average molecular weight is 298 g/mol. The lowest BCUT2D eigenvalue weighted by Crippen LogP contribution is -2.00. The van der Waals surface area contributed by atoms with Gasteiger partial charge < -0.3 is 4.74 Å². The maximum Gasteiger partial charge on any atom is 0.277 e. The summed E-state index contributed by atoms with van der Waals surface area (Å²) in [7, 11) is 0. The summed E-state index contributed by atoms with van der Waals surface area (Å²) < 4.78 is 5.47. The lowest BCUT2D eigenvalue weighted by molar-refractivity contribution is -0.385. The van der Waals surface area contributed by atoms with Crippen molar-refractivity contribution in [1.29, 1.82) is 0 Å². The first-order chi connectivity index (χ1) is 9.06. The number of ether oxygens (including phenoxy) is 1. The monoisotopic (exact) mass is 297 g/mol. The smallest absolute Gasteiger partial charge is 0.277 e. The summed E-state index contributed by atoms with van der Waals surface area (Å²) in [6.07, 6.45) is 0. The molecule has 0 N–H and O–H groups in total. The zero-order valence-corrected chi connectivity index (χ0v) is 11.2. The number of halogens is 2. The van der Waals surface area contributed by atoms with Crippen LogP contribution in [0.3, 0.4) is 0 Å². The third kappa shape index (κ3) is 3.59. The fraction of sp³-hybridized carbons (Fsp3) is 0.0769. The summed E-state index contributed by atoms with van der Waals surface area (Å²) in [6.45, 7) is 0.0772. The molecule has 0 spiro atoms. The second-order valence-electron chi connectivity index (χ2n) is 3.78. The van der Waals surface area contributed by atoms with Crippen molar-refractivity contribution in [3.8, 4) is 5.75 Å². The van der Waals surface area contributed by atoms with E-state index in [9.17, 15) is 10.1 Å². The van der Waals surface area contributed by atoms with E-state index in [-0.39, 0.29) is 12.3 Å². The van der Waals surface area contributed by atoms with Gasteiger partial charge in [-0.25, -0.2) is 0 Å². The van der Waals surface area contributed by atoms with Crippen molar-refractivity contribution in [1.82, 2.24) is 0 Å². The molecule has 0 fully saturated rings. The molecule has 0 heterocycles. The zero-order valence-electron chi connectivity index (χ0n) is 9.68. The Bertz CT molecular complexity index is 617. The van der Waals surface area contributed by atoms with E-state index in [2.05, 4.69) is 0 Å². The van der Waals surface area contributed by atoms with E-state index in [0.29, 0.717) is 21.4 Å². The molecule has 0 saturated carbocycles. The van der Waals surface area contributed by atoms with Gasteiger partial charge in [-0.05, 0) is 30.3 Å². The fourth-order valence-electron chi connectivity index (χ4n) is 1.55. The van der Waals surface area contributed by atoms with E-state index in [0.717, 1.165) is 0 Å². The molecule has 0 saturated heterocycles. The fourth-order valence-corrected chi connectivity index (χ4v) is 1.89. The molecule has 0 aromatic heterocycles. The number of nitro benzene ring substituents is 1. The predicted octanol–water partition coefficient (Wildman–Crippen LogP) is 4.48. The molecule has 0 bridgehead atoms. The largest absolute Gasteiger partial charge is 0.489 e. The lowest BCUT2D eigenvalue weighted by atomic mass is 10.2. The normalized spacial score (nSPS) is 10.2. The van der Waals surface area contributed by atoms with Crippen molar-refractivity contribution < 1.29 is 9.66 Å². The molecule has 2 aromatic rings. The Morgan fingerprint density at radius 2 is 1.84 bits per heavy atom. The highest BCUT2D eigenvalue weighted by Gasteiger charge is 2.14. The first-order valence-electron chi connectivity index (χ1n) is 5.37. The average Bonchev–Trinajstić information content (AvgIpc) is 2.37. The molecule has 0 amide bonds. The quantitative estimate of drug-likeness (QED) is 0.617. The van der Waals surface area contributed by atoms with Crippen molar-refractivity contribution in [2.24, 2.45) is 0 Å². The topological polar surface area (TPSA) is 52.4 Å². The van der Waals surface area contributed by atoms with E-state index in [1.165, 1.54) is 6.07 Å². The predicted molar refractivity (Wildman–Crippen MR) is 73.9 cm³/mol. The number of rotatable bonds is 4. The van der Waals surface area contributed by atoms with Gasteiger partial charge in [0.2, 0.25) is 0 Å². The molecule has 2 rings (SSSR count). The Morgan fingerprint density at radius 3 is 2.53 bits per heavy atom. The number of hydrogen-bond donors (Lipinski definition) is 0. The van der Waals surface area contributed by atoms with Gasteiger partial charge >= 0.3 is 0 Å². The van der Waals surface area contributed by atoms with Crippen molar-refractivity contribution in [2.45, 2.75) is 6.61 Å². The minimum Gasteiger partial charge on any atom is -0.489 e. The van der Waals surface area contributed by atoms with Gasteiger partial charge in [0, 0.05) is 16.1 Å². The molecule has 19 heavy (non-hydrogen) atoms. The van der Waals surface area contributed by atoms with Gasteiger partial charge in [0.25, 0.3) is 5.69 Å². The molecule has 4 nitrogen and oxygen atoms in total. The minimum absolute atomic E-state index is 0.0606. The Morgan fingerprint density at radius 1 is 1.11 bits per heavy atom. The Labute approximate surface area is 119 Å². The lowest BCUT2D eigenvalue weighted by Gasteiger charge is -2.07. The molecule has 0 unspecified atom stereocenters. The molecule has 6 heteroatoms. The summed E-state index contributed by atoms with van der Waals surface area (Å²) in [6, 6.07) is 11.3. The van der Waals surface area contributed by atoms with Crippen LogP contribution in [0.5, 0.6) is 5.75 Å². The van der Waals surface area contributed by atoms with Crippen LogP contribution in [0.2, 0.25) is 10.0 Å². The SMILES string of the molecule is O=[N+]([O-])c1cc(Cl)ccc1COc1cccc(Cl)c1. The van der Waals surface area contributed by atoms with E-state index in [1.54, 1.807) is 36.4 Å². The molecule has 98 valence electrons. The highest BCUT2D eigenvalue weighted by atomic mass is 35.5. The van der Waals surface area contributed by atoms with Crippen molar-refractivity contribution >= 4 is 28.9 Å². The maximum absolute atomic E-state index is 10.9. The van der Waals surface area contributed by atoms with Crippen LogP contribution in [-0.4, -0.2) is 4.92 Å².